The molecule has 102 valence electrons. The summed E-state index contributed by atoms with van der Waals surface area (Å²) in [5.41, 5.74) is -0.179. The van der Waals surface area contributed by atoms with Gasteiger partial charge in [-0.05, 0) is 22.4 Å². The van der Waals surface area contributed by atoms with Crippen molar-refractivity contribution >= 4 is 27.6 Å². The van der Waals surface area contributed by atoms with Gasteiger partial charge in [0.1, 0.15) is 22.4 Å². The molecule has 0 aliphatic rings. The Kier molecular flexibility index (Phi) is 5.81. The molecule has 0 saturated heterocycles. The molecule has 6 heteroatoms. The molecule has 0 aromatic carbocycles. The molecule has 0 amide bonds. The van der Waals surface area contributed by atoms with Gasteiger partial charge in [-0.3, -0.25) is 0 Å². The van der Waals surface area contributed by atoms with Gasteiger partial charge in [0.05, 0.1) is 0 Å². The Morgan fingerprint density at radius 1 is 1.28 bits per heavy atom. The molecule has 3 N–H and O–H groups in total. The van der Waals surface area contributed by atoms with E-state index in [1.165, 1.54) is 6.33 Å². The van der Waals surface area contributed by atoms with E-state index in [4.69, 9.17) is 0 Å². The summed E-state index contributed by atoms with van der Waals surface area (Å²) in [7, 11) is 0. The molecule has 0 spiro atoms. The smallest absolute Gasteiger partial charge is 0.145 e. The number of aliphatic hydroxyl groups excluding tert-OH is 1. The predicted molar refractivity (Wildman–Crippen MR) is 77.9 cm³/mol. The maximum Gasteiger partial charge on any atom is 0.145 e. The molecular formula is C12H21BrN4O. The van der Waals surface area contributed by atoms with E-state index < -0.39 is 0 Å². The number of aromatic nitrogens is 2. The summed E-state index contributed by atoms with van der Waals surface area (Å²) in [4.78, 5) is 8.38. The zero-order valence-electron chi connectivity index (χ0n) is 11.1. The lowest BCUT2D eigenvalue weighted by Crippen LogP contribution is -2.27. The van der Waals surface area contributed by atoms with Crippen LogP contribution in [0.25, 0.3) is 0 Å². The van der Waals surface area contributed by atoms with Crippen molar-refractivity contribution in [3.8, 4) is 0 Å². The largest absolute Gasteiger partial charge is 0.396 e. The Balaban J connectivity index is 2.71. The highest BCUT2D eigenvalue weighted by Crippen LogP contribution is 2.27. The summed E-state index contributed by atoms with van der Waals surface area (Å²) in [5.74, 6) is 1.53. The van der Waals surface area contributed by atoms with Crippen molar-refractivity contribution in [1.29, 1.82) is 0 Å². The van der Waals surface area contributed by atoms with Gasteiger partial charge < -0.3 is 15.7 Å². The SMILES string of the molecule is CCCNc1ncnc(NCC(C)(C)CO)c1Br. The third kappa shape index (κ3) is 4.42. The summed E-state index contributed by atoms with van der Waals surface area (Å²) in [6.45, 7) is 7.73. The topological polar surface area (TPSA) is 70.1 Å². The lowest BCUT2D eigenvalue weighted by molar-refractivity contribution is 0.170. The van der Waals surface area contributed by atoms with Crippen LogP contribution in [-0.4, -0.2) is 34.8 Å². The second-order valence-corrected chi connectivity index (χ2v) is 5.78. The summed E-state index contributed by atoms with van der Waals surface area (Å²) in [6.07, 6.45) is 2.56. The first-order valence-corrected chi connectivity index (χ1v) is 6.88. The molecule has 0 radical (unpaired) electrons. The Bertz CT molecular complexity index is 384. The Morgan fingerprint density at radius 2 is 1.89 bits per heavy atom. The maximum atomic E-state index is 9.22. The summed E-state index contributed by atoms with van der Waals surface area (Å²) in [5, 5.41) is 15.7. The first kappa shape index (κ1) is 15.2. The number of nitrogens with zero attached hydrogens (tertiary/aromatic N) is 2. The van der Waals surface area contributed by atoms with Crippen molar-refractivity contribution in [2.45, 2.75) is 27.2 Å². The molecule has 1 heterocycles. The fourth-order valence-corrected chi connectivity index (χ4v) is 1.72. The van der Waals surface area contributed by atoms with Crippen molar-refractivity contribution in [1.82, 2.24) is 9.97 Å². The zero-order valence-corrected chi connectivity index (χ0v) is 12.7. The zero-order chi connectivity index (χ0) is 13.6. The average Bonchev–Trinajstić information content (AvgIpc) is 2.36. The highest BCUT2D eigenvalue weighted by molar-refractivity contribution is 9.10. The van der Waals surface area contributed by atoms with Gasteiger partial charge in [-0.2, -0.15) is 0 Å². The summed E-state index contributed by atoms with van der Waals surface area (Å²) < 4.78 is 0.826. The Morgan fingerprint density at radius 3 is 2.44 bits per heavy atom. The van der Waals surface area contributed by atoms with E-state index in [1.54, 1.807) is 0 Å². The fourth-order valence-electron chi connectivity index (χ4n) is 1.24. The summed E-state index contributed by atoms with van der Waals surface area (Å²) >= 11 is 3.49. The van der Waals surface area contributed by atoms with Gasteiger partial charge in [-0.1, -0.05) is 20.8 Å². The van der Waals surface area contributed by atoms with Crippen molar-refractivity contribution in [3.05, 3.63) is 10.8 Å². The third-order valence-electron chi connectivity index (χ3n) is 2.49. The Hall–Kier alpha value is -0.880. The van der Waals surface area contributed by atoms with Crippen LogP contribution in [0.4, 0.5) is 11.6 Å². The van der Waals surface area contributed by atoms with Gasteiger partial charge in [0.25, 0.3) is 0 Å². The first-order chi connectivity index (χ1) is 8.50. The second-order valence-electron chi connectivity index (χ2n) is 4.99. The quantitative estimate of drug-likeness (QED) is 0.721. The number of hydrogen-bond acceptors (Lipinski definition) is 5. The molecule has 1 rings (SSSR count). The number of nitrogens with one attached hydrogen (secondary N) is 2. The van der Waals surface area contributed by atoms with Crippen LogP contribution in [0.1, 0.15) is 27.2 Å². The molecule has 5 nitrogen and oxygen atoms in total. The third-order valence-corrected chi connectivity index (χ3v) is 3.25. The minimum atomic E-state index is -0.179. The predicted octanol–water partition coefficient (Wildman–Crippen LogP) is 2.49. The highest BCUT2D eigenvalue weighted by Gasteiger charge is 2.17. The van der Waals surface area contributed by atoms with Crippen LogP contribution in [0.2, 0.25) is 0 Å². The maximum absolute atomic E-state index is 9.22. The van der Waals surface area contributed by atoms with Crippen LogP contribution < -0.4 is 10.6 Å². The fraction of sp³-hybridized carbons (Fsp3) is 0.667. The number of aliphatic hydroxyl groups is 1. The molecule has 18 heavy (non-hydrogen) atoms. The van der Waals surface area contributed by atoms with Crippen LogP contribution in [0.3, 0.4) is 0 Å². The van der Waals surface area contributed by atoms with Crippen LogP contribution in [0.15, 0.2) is 10.8 Å². The minimum Gasteiger partial charge on any atom is -0.396 e. The lowest BCUT2D eigenvalue weighted by Gasteiger charge is -2.22. The van der Waals surface area contributed by atoms with E-state index in [2.05, 4.69) is 43.5 Å². The van der Waals surface area contributed by atoms with Gasteiger partial charge in [0.15, 0.2) is 0 Å². The molecular weight excluding hydrogens is 296 g/mol. The monoisotopic (exact) mass is 316 g/mol. The van der Waals surface area contributed by atoms with Gasteiger partial charge in [0.2, 0.25) is 0 Å². The number of rotatable bonds is 7. The Labute approximate surface area is 117 Å². The van der Waals surface area contributed by atoms with Gasteiger partial charge in [-0.15, -0.1) is 0 Å². The first-order valence-electron chi connectivity index (χ1n) is 6.09. The van der Waals surface area contributed by atoms with Gasteiger partial charge in [0, 0.05) is 25.1 Å². The molecule has 0 atom stereocenters. The van der Waals surface area contributed by atoms with Crippen molar-refractivity contribution in [2.75, 3.05) is 30.3 Å². The molecule has 1 aromatic heterocycles. The average molecular weight is 317 g/mol. The van der Waals surface area contributed by atoms with E-state index >= 15 is 0 Å². The van der Waals surface area contributed by atoms with Crippen LogP contribution in [-0.2, 0) is 0 Å². The lowest BCUT2D eigenvalue weighted by atomic mass is 9.95. The molecule has 1 aromatic rings. The van der Waals surface area contributed by atoms with E-state index in [0.717, 1.165) is 29.1 Å². The van der Waals surface area contributed by atoms with E-state index in [0.29, 0.717) is 6.54 Å². The van der Waals surface area contributed by atoms with Crippen LogP contribution in [0.5, 0.6) is 0 Å². The normalized spacial score (nSPS) is 11.4. The van der Waals surface area contributed by atoms with Gasteiger partial charge in [-0.25, -0.2) is 9.97 Å². The van der Waals surface area contributed by atoms with Crippen molar-refractivity contribution < 1.29 is 5.11 Å². The number of hydrogen-bond donors (Lipinski definition) is 3. The summed E-state index contributed by atoms with van der Waals surface area (Å²) in [6, 6.07) is 0. The second kappa shape index (κ2) is 6.89. The van der Waals surface area contributed by atoms with Gasteiger partial charge >= 0.3 is 0 Å². The van der Waals surface area contributed by atoms with E-state index in [9.17, 15) is 5.11 Å². The van der Waals surface area contributed by atoms with E-state index in [-0.39, 0.29) is 12.0 Å². The molecule has 0 fully saturated rings. The highest BCUT2D eigenvalue weighted by atomic mass is 79.9. The molecule has 0 saturated carbocycles. The molecule has 0 bridgehead atoms. The minimum absolute atomic E-state index is 0.129. The number of halogens is 1. The number of anilines is 2. The van der Waals surface area contributed by atoms with E-state index in [1.807, 2.05) is 13.8 Å². The van der Waals surface area contributed by atoms with Crippen molar-refractivity contribution in [3.63, 3.8) is 0 Å². The van der Waals surface area contributed by atoms with Crippen molar-refractivity contribution in [2.24, 2.45) is 5.41 Å². The molecule has 0 aliphatic carbocycles. The molecule has 0 unspecified atom stereocenters. The van der Waals surface area contributed by atoms with Crippen LogP contribution in [0, 0.1) is 5.41 Å². The standard InChI is InChI=1S/C12H21BrN4O/c1-4-5-14-10-9(13)11(17-8-16-10)15-6-12(2,3)7-18/h8,18H,4-7H2,1-3H3,(H2,14,15,16,17). The van der Waals surface area contributed by atoms with Crippen LogP contribution >= 0.6 is 15.9 Å². The molecule has 0 aliphatic heterocycles.